The van der Waals surface area contributed by atoms with Gasteiger partial charge in [-0.1, -0.05) is 61.1 Å². The minimum Gasteiger partial charge on any atom is -2.00 e. The molecular formula is C17H36N8O2S5U-6. The first-order chi connectivity index (χ1) is 13.1. The standard InChI is InChI=1S/3C4H12N.5CNS.2O.U/c3*1-5(2,3)4;5*2-1-3;;;/h3*1-4H3;;;;;;;;/q3*+1;5*-1;2*-2;. The van der Waals surface area contributed by atoms with Crippen LogP contribution in [0.25, 0.3) is 27.0 Å². The molecule has 0 saturated carbocycles. The molecule has 0 N–H and O–H groups in total. The van der Waals surface area contributed by atoms with E-state index in [1.165, 1.54) is 25.8 Å². The molecule has 0 heterocycles. The molecule has 0 aromatic rings. The zero-order chi connectivity index (χ0) is 27.0. The fourth-order valence-electron chi connectivity index (χ4n) is 0. The summed E-state index contributed by atoms with van der Waals surface area (Å²) in [7, 11) is 25.5. The van der Waals surface area contributed by atoms with Crippen LogP contribution in [0.4, 0.5) is 0 Å². The molecule has 0 fully saturated rings. The summed E-state index contributed by atoms with van der Waals surface area (Å²) in [5, 5.41) is 42.3. The number of hydrogen-bond acceptors (Lipinski definition) is 5. The number of hydrogen-bond donors (Lipinski definition) is 0. The summed E-state index contributed by atoms with van der Waals surface area (Å²) in [4.78, 5) is 0. The van der Waals surface area contributed by atoms with Crippen LogP contribution in [0.15, 0.2) is 0 Å². The molecule has 0 aromatic carbocycles. The van der Waals surface area contributed by atoms with Gasteiger partial charge in [0.05, 0.1) is 84.6 Å². The molecule has 0 unspecified atom stereocenters. The van der Waals surface area contributed by atoms with Crippen molar-refractivity contribution in [2.45, 2.75) is 0 Å². The Hall–Kier alpha value is -0.148. The summed E-state index contributed by atoms with van der Waals surface area (Å²) in [6.07, 6.45) is 0. The first kappa shape index (κ1) is 69.8. The van der Waals surface area contributed by atoms with Gasteiger partial charge in [-0.05, 0) is 0 Å². The summed E-state index contributed by atoms with van der Waals surface area (Å²) in [6.45, 7) is 0. The minimum atomic E-state index is 0. The Morgan fingerprint density at radius 1 is 0.364 bits per heavy atom. The fourth-order valence-corrected chi connectivity index (χ4v) is 0. The molecule has 0 aliphatic heterocycles. The maximum absolute atomic E-state index is 7.13. The molecule has 0 bridgehead atoms. The fraction of sp³-hybridized carbons (Fsp3) is 0.706. The molecule has 0 aromatic heterocycles. The van der Waals surface area contributed by atoms with Gasteiger partial charge in [-0.25, -0.2) is 0 Å². The molecular weight excluding hydrogens is 747 g/mol. The molecule has 0 spiro atoms. The number of nitrogens with zero attached hydrogens (tertiary/aromatic N) is 8. The van der Waals surface area contributed by atoms with Gasteiger partial charge in [0.1, 0.15) is 0 Å². The van der Waals surface area contributed by atoms with Crippen molar-refractivity contribution in [3.8, 4) is 0 Å². The van der Waals surface area contributed by atoms with Crippen molar-refractivity contribution >= 4 is 86.9 Å². The van der Waals surface area contributed by atoms with Gasteiger partial charge in [0.15, 0.2) is 0 Å². The van der Waals surface area contributed by atoms with E-state index in [1.807, 2.05) is 0 Å². The van der Waals surface area contributed by atoms with E-state index in [0.29, 0.717) is 0 Å². The van der Waals surface area contributed by atoms with E-state index in [2.05, 4.69) is 146 Å². The van der Waals surface area contributed by atoms with Crippen LogP contribution in [-0.2, 0) is 11.0 Å². The third-order valence-corrected chi connectivity index (χ3v) is 0. The third-order valence-electron chi connectivity index (χ3n) is 0. The van der Waals surface area contributed by atoms with Crippen LogP contribution in [-0.4, -0.2) is 124 Å². The van der Waals surface area contributed by atoms with Crippen molar-refractivity contribution in [3.05, 3.63) is 27.0 Å². The monoisotopic (exact) mass is 782 g/mol. The van der Waals surface area contributed by atoms with Gasteiger partial charge in [-0.15, -0.1) is 0 Å². The molecule has 0 radical (unpaired) electrons. The maximum atomic E-state index is 7.13. The van der Waals surface area contributed by atoms with Gasteiger partial charge in [0.25, 0.3) is 0 Å². The Morgan fingerprint density at radius 2 is 0.364 bits per heavy atom. The minimum absolute atomic E-state index is 0. The zero-order valence-electron chi connectivity index (χ0n) is 21.4. The van der Waals surface area contributed by atoms with Crippen LogP contribution in [0.3, 0.4) is 0 Å². The van der Waals surface area contributed by atoms with E-state index in [-0.39, 0.29) is 42.1 Å². The van der Waals surface area contributed by atoms with Crippen LogP contribution in [0.5, 0.6) is 0 Å². The molecule has 196 valence electrons. The van der Waals surface area contributed by atoms with Crippen LogP contribution in [0.1, 0.15) is 0 Å². The van der Waals surface area contributed by atoms with Gasteiger partial charge in [0.2, 0.25) is 0 Å². The van der Waals surface area contributed by atoms with Crippen molar-refractivity contribution in [1.82, 2.24) is 0 Å². The van der Waals surface area contributed by atoms with Crippen molar-refractivity contribution < 1.29 is 55.5 Å². The predicted molar refractivity (Wildman–Crippen MR) is 153 cm³/mol. The van der Waals surface area contributed by atoms with Crippen LogP contribution < -0.4 is 0 Å². The molecule has 0 aliphatic rings. The smallest absolute Gasteiger partial charge is 0.0675 e. The quantitative estimate of drug-likeness (QED) is 0.205. The van der Waals surface area contributed by atoms with E-state index in [9.17, 15) is 0 Å². The first-order valence-corrected chi connectivity index (χ1v) is 9.55. The number of thiocarbonyl (C=S) groups is 5. The SMILES string of the molecule is C[N+](C)(C)C.C[N+](C)(C)C.C[N+](C)(C)C.[N-]=C=S.[N-]=C=S.[N-]=C=S.[N-]=C=S.[N-]=C=S.[O-2].[O-2].[U]. The first-order valence-electron chi connectivity index (χ1n) is 7.51. The van der Waals surface area contributed by atoms with Crippen LogP contribution in [0.2, 0.25) is 0 Å². The summed E-state index contributed by atoms with van der Waals surface area (Å²) in [6, 6.07) is 0. The van der Waals surface area contributed by atoms with Crippen LogP contribution >= 0.6 is 61.1 Å². The van der Waals surface area contributed by atoms with Crippen molar-refractivity contribution in [2.75, 3.05) is 84.6 Å². The molecule has 10 nitrogen and oxygen atoms in total. The number of rotatable bonds is 0. The molecule has 0 saturated heterocycles. The van der Waals surface area contributed by atoms with Gasteiger partial charge in [0, 0.05) is 31.1 Å². The molecule has 0 atom stereocenters. The van der Waals surface area contributed by atoms with Gasteiger partial charge < -0.3 is 51.4 Å². The summed E-state index contributed by atoms with van der Waals surface area (Å²) in [5.74, 6) is 0. The average molecular weight is 783 g/mol. The Labute approximate surface area is 252 Å². The largest absolute Gasteiger partial charge is 2.00 e. The Balaban J connectivity index is -0.0000000186. The Bertz CT molecular complexity index is 401. The molecule has 0 rings (SSSR count). The molecule has 0 amide bonds. The number of quaternary nitrogens is 3. The van der Waals surface area contributed by atoms with Gasteiger partial charge >= 0.3 is 0 Å². The second-order valence-electron chi connectivity index (χ2n) is 8.51. The number of isothiocyanates is 5. The van der Waals surface area contributed by atoms with Crippen molar-refractivity contribution in [1.29, 1.82) is 0 Å². The normalized spacial score (nSPS) is 6.67. The summed E-state index contributed by atoms with van der Waals surface area (Å²) in [5.41, 5.74) is 0. The summed E-state index contributed by atoms with van der Waals surface area (Å²) >= 11 is 18.5. The summed E-state index contributed by atoms with van der Waals surface area (Å²) < 4.78 is 3.00. The van der Waals surface area contributed by atoms with E-state index in [0.717, 1.165) is 13.4 Å². The zero-order valence-corrected chi connectivity index (χ0v) is 29.7. The van der Waals surface area contributed by atoms with Gasteiger partial charge in [-0.3, -0.25) is 0 Å². The second kappa shape index (κ2) is 58.1. The van der Waals surface area contributed by atoms with Gasteiger partial charge in [-0.2, -0.15) is 25.8 Å². The van der Waals surface area contributed by atoms with E-state index >= 15 is 0 Å². The Kier molecular flexibility index (Phi) is 123. The topological polar surface area (TPSA) is 168 Å². The van der Waals surface area contributed by atoms with Crippen molar-refractivity contribution in [2.24, 2.45) is 0 Å². The van der Waals surface area contributed by atoms with Crippen LogP contribution in [0, 0.1) is 31.1 Å². The predicted octanol–water partition coefficient (Wildman–Crippen LogP) is 4.02. The third kappa shape index (κ3) is 1290000. The molecule has 16 heteroatoms. The Morgan fingerprint density at radius 3 is 0.364 bits per heavy atom. The van der Waals surface area contributed by atoms with E-state index in [1.54, 1.807) is 0 Å². The molecule has 33 heavy (non-hydrogen) atoms. The van der Waals surface area contributed by atoms with E-state index in [4.69, 9.17) is 27.0 Å². The average Bonchev–Trinajstić information content (AvgIpc) is 2.36. The van der Waals surface area contributed by atoms with Crippen molar-refractivity contribution in [3.63, 3.8) is 0 Å². The molecule has 0 aliphatic carbocycles. The second-order valence-corrected chi connectivity index (χ2v) is 9.42. The van der Waals surface area contributed by atoms with E-state index < -0.39 is 0 Å². The maximum Gasteiger partial charge on any atom is 0.0675 e.